The van der Waals surface area contributed by atoms with Crippen LogP contribution in [0.5, 0.6) is 0 Å². The van der Waals surface area contributed by atoms with E-state index >= 15 is 0 Å². The van der Waals surface area contributed by atoms with Gasteiger partial charge in [-0.1, -0.05) is 12.1 Å². The Labute approximate surface area is 107 Å². The molecule has 1 aromatic rings. The summed E-state index contributed by atoms with van der Waals surface area (Å²) in [5.74, 6) is -2.81. The molecule has 0 saturated heterocycles. The van der Waals surface area contributed by atoms with Gasteiger partial charge in [0.05, 0.1) is 18.2 Å². The zero-order valence-corrected chi connectivity index (χ0v) is 9.82. The van der Waals surface area contributed by atoms with E-state index in [1.165, 1.54) is 18.2 Å². The second kappa shape index (κ2) is 4.79. The van der Waals surface area contributed by atoms with E-state index in [0.717, 1.165) is 7.11 Å². The fourth-order valence-electron chi connectivity index (χ4n) is 1.82. The number of hydrogen-bond acceptors (Lipinski definition) is 7. The quantitative estimate of drug-likeness (QED) is 0.563. The van der Waals surface area contributed by atoms with Crippen molar-refractivity contribution in [2.75, 3.05) is 7.11 Å². The van der Waals surface area contributed by atoms with E-state index in [0.29, 0.717) is 0 Å². The minimum absolute atomic E-state index is 0.0152. The number of hydrogen-bond donors (Lipinski definition) is 2. The maximum atomic E-state index is 11.5. The lowest BCUT2D eigenvalue weighted by atomic mass is 9.95. The van der Waals surface area contributed by atoms with E-state index < -0.39 is 30.1 Å². The first-order valence-corrected chi connectivity index (χ1v) is 5.30. The monoisotopic (exact) mass is 266 g/mol. The van der Waals surface area contributed by atoms with Crippen LogP contribution in [-0.2, 0) is 14.3 Å². The van der Waals surface area contributed by atoms with Crippen molar-refractivity contribution < 1.29 is 34.1 Å². The maximum absolute atomic E-state index is 11.5. The Morgan fingerprint density at radius 1 is 1.26 bits per heavy atom. The molecule has 19 heavy (non-hydrogen) atoms. The number of esters is 3. The van der Waals surface area contributed by atoms with Crippen LogP contribution in [0, 0.1) is 0 Å². The second-order valence-corrected chi connectivity index (χ2v) is 3.86. The van der Waals surface area contributed by atoms with Gasteiger partial charge in [-0.3, -0.25) is 0 Å². The van der Waals surface area contributed by atoms with Crippen molar-refractivity contribution in [3.05, 3.63) is 34.9 Å². The van der Waals surface area contributed by atoms with Crippen molar-refractivity contribution in [1.29, 1.82) is 0 Å². The smallest absolute Gasteiger partial charge is 0.347 e. The molecule has 0 aliphatic carbocycles. The van der Waals surface area contributed by atoms with Gasteiger partial charge < -0.3 is 19.7 Å². The van der Waals surface area contributed by atoms with Crippen molar-refractivity contribution >= 4 is 17.9 Å². The normalized spacial score (nSPS) is 16.6. The Kier molecular flexibility index (Phi) is 3.32. The highest BCUT2D eigenvalue weighted by Crippen LogP contribution is 2.29. The summed E-state index contributed by atoms with van der Waals surface area (Å²) < 4.78 is 8.69. The van der Waals surface area contributed by atoms with Crippen LogP contribution >= 0.6 is 0 Å². The summed E-state index contributed by atoms with van der Waals surface area (Å²) in [5.41, 5.74) is -0.229. The summed E-state index contributed by atoms with van der Waals surface area (Å²) in [7, 11) is 1.05. The molecule has 0 saturated carbocycles. The molecule has 0 fully saturated rings. The number of fused-ring (bicyclic) bond motifs is 1. The lowest BCUT2D eigenvalue weighted by Crippen LogP contribution is -2.30. The van der Waals surface area contributed by atoms with Gasteiger partial charge >= 0.3 is 17.9 Å². The van der Waals surface area contributed by atoms with E-state index in [4.69, 9.17) is 0 Å². The van der Waals surface area contributed by atoms with Gasteiger partial charge in [-0.2, -0.15) is 0 Å². The lowest BCUT2D eigenvalue weighted by molar-refractivity contribution is -0.156. The van der Waals surface area contributed by atoms with Crippen LogP contribution in [0.3, 0.4) is 0 Å². The molecule has 1 aliphatic heterocycles. The third kappa shape index (κ3) is 2.09. The molecule has 2 N–H and O–H groups in total. The predicted octanol–water partition coefficient (Wildman–Crippen LogP) is -0.435. The van der Waals surface area contributed by atoms with Crippen LogP contribution in [0.25, 0.3) is 0 Å². The van der Waals surface area contributed by atoms with Gasteiger partial charge in [0.2, 0.25) is 0 Å². The maximum Gasteiger partial charge on any atom is 0.347 e. The molecule has 2 atom stereocenters. The first-order valence-electron chi connectivity index (χ1n) is 5.30. The lowest BCUT2D eigenvalue weighted by Gasteiger charge is -2.17. The van der Waals surface area contributed by atoms with E-state index in [-0.39, 0.29) is 16.7 Å². The molecule has 0 aromatic heterocycles. The summed E-state index contributed by atoms with van der Waals surface area (Å²) >= 11 is 0. The van der Waals surface area contributed by atoms with Crippen LogP contribution < -0.4 is 0 Å². The van der Waals surface area contributed by atoms with Gasteiger partial charge in [0.1, 0.15) is 6.10 Å². The Hall–Kier alpha value is -2.25. The van der Waals surface area contributed by atoms with Gasteiger partial charge in [0.25, 0.3) is 0 Å². The summed E-state index contributed by atoms with van der Waals surface area (Å²) in [4.78, 5) is 34.0. The highest BCUT2D eigenvalue weighted by molar-refractivity contribution is 6.15. The zero-order valence-electron chi connectivity index (χ0n) is 9.82. The Morgan fingerprint density at radius 3 is 2.58 bits per heavy atom. The zero-order chi connectivity index (χ0) is 14.2. The van der Waals surface area contributed by atoms with Crippen LogP contribution in [0.1, 0.15) is 32.4 Å². The van der Waals surface area contributed by atoms with E-state index in [9.17, 15) is 24.6 Å². The number of cyclic esters (lactones) is 2. The average Bonchev–Trinajstić information content (AvgIpc) is 2.71. The summed E-state index contributed by atoms with van der Waals surface area (Å²) in [6.07, 6.45) is -3.55. The van der Waals surface area contributed by atoms with Gasteiger partial charge in [-0.05, 0) is 11.6 Å². The topological polar surface area (TPSA) is 110 Å². The number of carbonyl (C=O) groups excluding carboxylic acids is 3. The van der Waals surface area contributed by atoms with Gasteiger partial charge in [-0.25, -0.2) is 14.4 Å². The minimum atomic E-state index is -1.86. The number of benzene rings is 1. The highest BCUT2D eigenvalue weighted by atomic mass is 16.6. The van der Waals surface area contributed by atoms with E-state index in [1.807, 2.05) is 0 Å². The van der Waals surface area contributed by atoms with E-state index in [1.54, 1.807) is 0 Å². The Balaban J connectivity index is 2.45. The third-order valence-corrected chi connectivity index (χ3v) is 2.77. The van der Waals surface area contributed by atoms with Crippen LogP contribution in [0.2, 0.25) is 0 Å². The molecule has 0 radical (unpaired) electrons. The molecule has 0 spiro atoms. The fourth-order valence-corrected chi connectivity index (χ4v) is 1.82. The molecular weight excluding hydrogens is 256 g/mol. The first-order chi connectivity index (χ1) is 8.97. The molecule has 1 aliphatic rings. The van der Waals surface area contributed by atoms with Crippen molar-refractivity contribution in [3.63, 3.8) is 0 Å². The summed E-state index contributed by atoms with van der Waals surface area (Å²) in [6.45, 7) is 0. The fraction of sp³-hybridized carbons (Fsp3) is 0.250. The second-order valence-electron chi connectivity index (χ2n) is 3.86. The molecule has 2 unspecified atom stereocenters. The number of aliphatic hydroxyl groups excluding tert-OH is 2. The first kappa shape index (κ1) is 13.2. The molecule has 7 heteroatoms. The van der Waals surface area contributed by atoms with Crippen LogP contribution in [0.4, 0.5) is 0 Å². The Morgan fingerprint density at radius 2 is 1.95 bits per heavy atom. The molecule has 1 heterocycles. The van der Waals surface area contributed by atoms with Crippen molar-refractivity contribution in [2.24, 2.45) is 0 Å². The number of ether oxygens (including phenoxy) is 2. The van der Waals surface area contributed by atoms with Crippen molar-refractivity contribution in [3.8, 4) is 0 Å². The molecule has 2 rings (SSSR count). The predicted molar refractivity (Wildman–Crippen MR) is 59.2 cm³/mol. The number of methoxy groups -OCH3 is 1. The average molecular weight is 266 g/mol. The molecular formula is C12H10O7. The van der Waals surface area contributed by atoms with Crippen molar-refractivity contribution in [1.82, 2.24) is 0 Å². The molecule has 0 bridgehead atoms. The summed E-state index contributed by atoms with van der Waals surface area (Å²) in [5, 5.41) is 19.5. The van der Waals surface area contributed by atoms with Gasteiger partial charge in [0, 0.05) is 0 Å². The minimum Gasteiger partial charge on any atom is -0.467 e. The Bertz CT molecular complexity index is 563. The third-order valence-electron chi connectivity index (χ3n) is 2.77. The summed E-state index contributed by atoms with van der Waals surface area (Å²) in [6, 6.07) is 4.07. The highest BCUT2D eigenvalue weighted by Gasteiger charge is 2.37. The van der Waals surface area contributed by atoms with E-state index in [2.05, 4.69) is 9.47 Å². The van der Waals surface area contributed by atoms with Gasteiger partial charge in [0.15, 0.2) is 6.10 Å². The van der Waals surface area contributed by atoms with Gasteiger partial charge in [-0.15, -0.1) is 0 Å². The molecule has 100 valence electrons. The number of aliphatic hydroxyl groups is 2. The molecule has 1 aromatic carbocycles. The molecule has 0 amide bonds. The number of carbonyl (C=O) groups is 3. The van der Waals surface area contributed by atoms with Crippen molar-refractivity contribution in [2.45, 2.75) is 12.2 Å². The van der Waals surface area contributed by atoms with Crippen LogP contribution in [0.15, 0.2) is 18.2 Å². The molecule has 7 nitrogen and oxygen atoms in total. The SMILES string of the molecule is COC(=O)C(O)C(O)c1cccc2c1C(=O)OC2=O. The largest absolute Gasteiger partial charge is 0.467 e. The standard InChI is InChI=1S/C12H10O7/c1-18-12(17)9(14)8(13)5-3-2-4-6-7(5)11(16)19-10(6)15/h2-4,8-9,13-14H,1H3. The number of rotatable bonds is 3. The van der Waals surface area contributed by atoms with Crippen LogP contribution in [-0.4, -0.2) is 41.3 Å².